The zero-order valence-corrected chi connectivity index (χ0v) is 9.61. The van der Waals surface area contributed by atoms with E-state index >= 15 is 0 Å². The molecule has 0 aromatic rings. The predicted octanol–water partition coefficient (Wildman–Crippen LogP) is 2.14. The zero-order chi connectivity index (χ0) is 10.5. The fraction of sp³-hybridized carbons (Fsp3) is 1.00. The Bertz CT molecular complexity index is 176. The molecule has 3 unspecified atom stereocenters. The maximum absolute atomic E-state index is 5.82. The second-order valence-electron chi connectivity index (χ2n) is 4.55. The monoisotopic (exact) mass is 214 g/mol. The molecule has 0 N–H and O–H groups in total. The number of rotatable bonds is 9. The van der Waals surface area contributed by atoms with Gasteiger partial charge in [0.25, 0.3) is 0 Å². The molecule has 0 saturated carbocycles. The standard InChI is InChI=1S/C12H22O3/c1-2-3-4-5-6-11(12-9-15-12)14-8-10-7-13-10/h10-12H,2-9H2,1H3. The van der Waals surface area contributed by atoms with Crippen LogP contribution in [0.3, 0.4) is 0 Å². The van der Waals surface area contributed by atoms with Crippen LogP contribution in [0.4, 0.5) is 0 Å². The van der Waals surface area contributed by atoms with Crippen molar-refractivity contribution in [2.45, 2.75) is 57.3 Å². The minimum absolute atomic E-state index is 0.325. The summed E-state index contributed by atoms with van der Waals surface area (Å²) < 4.78 is 16.3. The number of hydrogen-bond donors (Lipinski definition) is 0. The summed E-state index contributed by atoms with van der Waals surface area (Å²) in [4.78, 5) is 0. The highest BCUT2D eigenvalue weighted by atomic mass is 16.6. The molecule has 2 fully saturated rings. The van der Waals surface area contributed by atoms with Crippen LogP contribution in [0.1, 0.15) is 39.0 Å². The van der Waals surface area contributed by atoms with E-state index in [0.717, 1.165) is 26.2 Å². The Balaban J connectivity index is 1.55. The van der Waals surface area contributed by atoms with Gasteiger partial charge in [-0.15, -0.1) is 0 Å². The molecule has 2 aliphatic heterocycles. The van der Waals surface area contributed by atoms with Gasteiger partial charge in [-0.1, -0.05) is 32.6 Å². The highest BCUT2D eigenvalue weighted by molar-refractivity contribution is 4.81. The second-order valence-corrected chi connectivity index (χ2v) is 4.55. The fourth-order valence-electron chi connectivity index (χ4n) is 1.81. The van der Waals surface area contributed by atoms with E-state index in [4.69, 9.17) is 14.2 Å². The molecule has 2 rings (SSSR count). The van der Waals surface area contributed by atoms with Gasteiger partial charge in [0.1, 0.15) is 12.2 Å². The topological polar surface area (TPSA) is 34.3 Å². The van der Waals surface area contributed by atoms with Crippen molar-refractivity contribution in [3.63, 3.8) is 0 Å². The van der Waals surface area contributed by atoms with Gasteiger partial charge in [0.05, 0.1) is 25.9 Å². The third-order valence-electron chi connectivity index (χ3n) is 3.01. The van der Waals surface area contributed by atoms with Crippen LogP contribution in [0.25, 0.3) is 0 Å². The first-order valence-electron chi connectivity index (χ1n) is 6.25. The SMILES string of the molecule is CCCCCCC(OCC1CO1)C1CO1. The molecule has 3 atom stereocenters. The minimum atomic E-state index is 0.325. The average molecular weight is 214 g/mol. The van der Waals surface area contributed by atoms with E-state index in [1.165, 1.54) is 25.7 Å². The van der Waals surface area contributed by atoms with Crippen LogP contribution in [0.5, 0.6) is 0 Å². The molecule has 2 aliphatic rings. The molecule has 0 spiro atoms. The van der Waals surface area contributed by atoms with Crippen molar-refractivity contribution in [2.75, 3.05) is 19.8 Å². The van der Waals surface area contributed by atoms with Crippen molar-refractivity contribution in [3.05, 3.63) is 0 Å². The smallest absolute Gasteiger partial charge is 0.107 e. The van der Waals surface area contributed by atoms with Gasteiger partial charge in [-0.3, -0.25) is 0 Å². The van der Waals surface area contributed by atoms with E-state index in [1.54, 1.807) is 0 Å². The minimum Gasteiger partial charge on any atom is -0.373 e. The normalized spacial score (nSPS) is 30.2. The van der Waals surface area contributed by atoms with Crippen LogP contribution < -0.4 is 0 Å². The van der Waals surface area contributed by atoms with Crippen molar-refractivity contribution < 1.29 is 14.2 Å². The van der Waals surface area contributed by atoms with Crippen LogP contribution in [-0.4, -0.2) is 38.1 Å². The van der Waals surface area contributed by atoms with E-state index in [0.29, 0.717) is 18.3 Å². The molecular weight excluding hydrogens is 192 g/mol. The Morgan fingerprint density at radius 2 is 2.00 bits per heavy atom. The van der Waals surface area contributed by atoms with Crippen LogP contribution in [0.2, 0.25) is 0 Å². The van der Waals surface area contributed by atoms with Crippen LogP contribution >= 0.6 is 0 Å². The molecule has 0 aromatic carbocycles. The Kier molecular flexibility index (Phi) is 4.42. The second kappa shape index (κ2) is 5.83. The Hall–Kier alpha value is -0.120. The maximum Gasteiger partial charge on any atom is 0.107 e. The molecule has 3 heteroatoms. The molecule has 0 bridgehead atoms. The van der Waals surface area contributed by atoms with Gasteiger partial charge in [0, 0.05) is 0 Å². The molecule has 3 nitrogen and oxygen atoms in total. The first kappa shape index (κ1) is 11.4. The summed E-state index contributed by atoms with van der Waals surface area (Å²) in [5.74, 6) is 0. The molecule has 2 heterocycles. The molecule has 2 saturated heterocycles. The molecule has 0 aliphatic carbocycles. The maximum atomic E-state index is 5.82. The first-order valence-corrected chi connectivity index (χ1v) is 6.25. The summed E-state index contributed by atoms with van der Waals surface area (Å²) in [7, 11) is 0. The largest absolute Gasteiger partial charge is 0.373 e. The van der Waals surface area contributed by atoms with Gasteiger partial charge in [0.2, 0.25) is 0 Å². The summed E-state index contributed by atoms with van der Waals surface area (Å²) in [6, 6.07) is 0. The summed E-state index contributed by atoms with van der Waals surface area (Å²) in [6.45, 7) is 4.78. The first-order chi connectivity index (χ1) is 7.40. The Morgan fingerprint density at radius 1 is 1.20 bits per heavy atom. The summed E-state index contributed by atoms with van der Waals surface area (Å²) in [6.07, 6.45) is 7.45. The van der Waals surface area contributed by atoms with Crippen molar-refractivity contribution in [3.8, 4) is 0 Å². The van der Waals surface area contributed by atoms with E-state index in [-0.39, 0.29) is 0 Å². The van der Waals surface area contributed by atoms with Gasteiger partial charge < -0.3 is 14.2 Å². The summed E-state index contributed by atoms with van der Waals surface area (Å²) in [5, 5.41) is 0. The third kappa shape index (κ3) is 4.49. The van der Waals surface area contributed by atoms with Crippen molar-refractivity contribution in [1.29, 1.82) is 0 Å². The van der Waals surface area contributed by atoms with Gasteiger partial charge >= 0.3 is 0 Å². The summed E-state index contributed by atoms with van der Waals surface area (Å²) >= 11 is 0. The Labute approximate surface area is 92.1 Å². The molecule has 88 valence electrons. The highest BCUT2D eigenvalue weighted by Crippen LogP contribution is 2.23. The lowest BCUT2D eigenvalue weighted by atomic mass is 10.1. The summed E-state index contributed by atoms with van der Waals surface area (Å²) in [5.41, 5.74) is 0. The lowest BCUT2D eigenvalue weighted by Gasteiger charge is -2.14. The van der Waals surface area contributed by atoms with Crippen molar-refractivity contribution in [2.24, 2.45) is 0 Å². The zero-order valence-electron chi connectivity index (χ0n) is 9.61. The molecule has 15 heavy (non-hydrogen) atoms. The number of unbranched alkanes of at least 4 members (excludes halogenated alkanes) is 3. The number of hydrogen-bond acceptors (Lipinski definition) is 3. The lowest BCUT2D eigenvalue weighted by molar-refractivity contribution is 0.0179. The van der Waals surface area contributed by atoms with Crippen LogP contribution in [-0.2, 0) is 14.2 Å². The van der Waals surface area contributed by atoms with Crippen LogP contribution in [0.15, 0.2) is 0 Å². The van der Waals surface area contributed by atoms with Gasteiger partial charge in [-0.2, -0.15) is 0 Å². The van der Waals surface area contributed by atoms with Crippen molar-refractivity contribution in [1.82, 2.24) is 0 Å². The average Bonchev–Trinajstić information content (AvgIpc) is 3.09. The highest BCUT2D eigenvalue weighted by Gasteiger charge is 2.34. The lowest BCUT2D eigenvalue weighted by Crippen LogP contribution is -2.22. The van der Waals surface area contributed by atoms with Gasteiger partial charge in [0.15, 0.2) is 0 Å². The molecule has 0 amide bonds. The number of ether oxygens (including phenoxy) is 3. The van der Waals surface area contributed by atoms with E-state index in [1.807, 2.05) is 0 Å². The number of epoxide rings is 2. The van der Waals surface area contributed by atoms with Crippen LogP contribution in [0, 0.1) is 0 Å². The van der Waals surface area contributed by atoms with Gasteiger partial charge in [-0.05, 0) is 6.42 Å². The fourth-order valence-corrected chi connectivity index (χ4v) is 1.81. The van der Waals surface area contributed by atoms with E-state index in [9.17, 15) is 0 Å². The van der Waals surface area contributed by atoms with E-state index in [2.05, 4.69) is 6.92 Å². The quantitative estimate of drug-likeness (QED) is 0.435. The van der Waals surface area contributed by atoms with Gasteiger partial charge in [-0.25, -0.2) is 0 Å². The van der Waals surface area contributed by atoms with Crippen molar-refractivity contribution >= 4 is 0 Å². The molecule has 0 aromatic heterocycles. The predicted molar refractivity (Wildman–Crippen MR) is 58.0 cm³/mol. The Morgan fingerprint density at radius 3 is 2.60 bits per heavy atom. The third-order valence-corrected chi connectivity index (χ3v) is 3.01. The molecular formula is C12H22O3. The van der Waals surface area contributed by atoms with E-state index < -0.39 is 0 Å². The molecule has 0 radical (unpaired) electrons.